The van der Waals surface area contributed by atoms with Crippen molar-refractivity contribution in [3.63, 3.8) is 0 Å². The van der Waals surface area contributed by atoms with Gasteiger partial charge in [0.1, 0.15) is 6.61 Å². The summed E-state index contributed by atoms with van der Waals surface area (Å²) in [5, 5.41) is 0. The number of ether oxygens (including phenoxy) is 1. The Bertz CT molecular complexity index is 634. The average molecular weight is 311 g/mol. The molecule has 2 aliphatic heterocycles. The van der Waals surface area contributed by atoms with Crippen LogP contribution in [0.4, 0.5) is 0 Å². The number of carbonyl (C=O) groups excluding carboxylic acids is 1. The van der Waals surface area contributed by atoms with Gasteiger partial charge in [0.15, 0.2) is 0 Å². The van der Waals surface area contributed by atoms with Gasteiger partial charge >= 0.3 is 0 Å². The number of aromatic nitrogens is 1. The monoisotopic (exact) mass is 311 g/mol. The van der Waals surface area contributed by atoms with Gasteiger partial charge in [-0.05, 0) is 11.6 Å². The summed E-state index contributed by atoms with van der Waals surface area (Å²) in [7, 11) is -3.27. The van der Waals surface area contributed by atoms with E-state index in [2.05, 4.69) is 4.98 Å². The summed E-state index contributed by atoms with van der Waals surface area (Å²) < 4.78 is 30.2. The SMILES string of the molecule is CS(=O)(=O)N1CC2OCC(=O)N(Cc3cccnc3)C2C1. The quantitative estimate of drug-likeness (QED) is 0.748. The van der Waals surface area contributed by atoms with Crippen LogP contribution >= 0.6 is 0 Å². The van der Waals surface area contributed by atoms with E-state index in [1.165, 1.54) is 10.6 Å². The van der Waals surface area contributed by atoms with Gasteiger partial charge in [-0.3, -0.25) is 9.78 Å². The number of sulfonamides is 1. The molecule has 114 valence electrons. The molecule has 2 aliphatic rings. The Morgan fingerprint density at radius 1 is 1.43 bits per heavy atom. The van der Waals surface area contributed by atoms with Crippen LogP contribution < -0.4 is 0 Å². The predicted molar refractivity (Wildman–Crippen MR) is 74.7 cm³/mol. The second-order valence-corrected chi connectivity index (χ2v) is 7.36. The molecule has 2 fully saturated rings. The third-order valence-corrected chi connectivity index (χ3v) is 5.13. The number of amides is 1. The average Bonchev–Trinajstić information content (AvgIpc) is 2.88. The zero-order chi connectivity index (χ0) is 15.0. The maximum absolute atomic E-state index is 12.1. The first-order chi connectivity index (χ1) is 9.95. The molecular formula is C13H17N3O4S. The second kappa shape index (κ2) is 5.36. The molecular weight excluding hydrogens is 294 g/mol. The van der Waals surface area contributed by atoms with Crippen molar-refractivity contribution < 1.29 is 17.9 Å². The van der Waals surface area contributed by atoms with Crippen LogP contribution in [0.25, 0.3) is 0 Å². The van der Waals surface area contributed by atoms with Gasteiger partial charge in [0.25, 0.3) is 0 Å². The summed E-state index contributed by atoms with van der Waals surface area (Å²) in [4.78, 5) is 17.9. The maximum Gasteiger partial charge on any atom is 0.249 e. The molecule has 21 heavy (non-hydrogen) atoms. The summed E-state index contributed by atoms with van der Waals surface area (Å²) in [5.41, 5.74) is 0.921. The van der Waals surface area contributed by atoms with Crippen molar-refractivity contribution in [2.75, 3.05) is 26.0 Å². The molecule has 1 aromatic rings. The van der Waals surface area contributed by atoms with Crippen LogP contribution in [0.1, 0.15) is 5.56 Å². The Kier molecular flexibility index (Phi) is 3.68. The molecule has 2 unspecified atom stereocenters. The number of morpholine rings is 1. The topological polar surface area (TPSA) is 79.8 Å². The number of rotatable bonds is 3. The summed E-state index contributed by atoms with van der Waals surface area (Å²) in [6, 6.07) is 3.48. The maximum atomic E-state index is 12.1. The molecule has 0 aromatic carbocycles. The van der Waals surface area contributed by atoms with Crippen LogP contribution in [0, 0.1) is 0 Å². The number of carbonyl (C=O) groups is 1. The zero-order valence-electron chi connectivity index (χ0n) is 11.7. The van der Waals surface area contributed by atoms with Crippen molar-refractivity contribution in [3.05, 3.63) is 30.1 Å². The van der Waals surface area contributed by atoms with Crippen LogP contribution in [-0.2, 0) is 26.1 Å². The highest BCUT2D eigenvalue weighted by atomic mass is 32.2. The first-order valence-electron chi connectivity index (χ1n) is 6.70. The molecule has 3 rings (SSSR count). The normalized spacial score (nSPS) is 26.9. The highest BCUT2D eigenvalue weighted by Crippen LogP contribution is 2.26. The van der Waals surface area contributed by atoms with Gasteiger partial charge in [0, 0.05) is 32.0 Å². The lowest BCUT2D eigenvalue weighted by Gasteiger charge is -2.36. The lowest BCUT2D eigenvalue weighted by Crippen LogP contribution is -2.53. The Morgan fingerprint density at radius 2 is 2.24 bits per heavy atom. The Morgan fingerprint density at radius 3 is 2.90 bits per heavy atom. The van der Waals surface area contributed by atoms with E-state index < -0.39 is 10.0 Å². The molecule has 2 atom stereocenters. The Balaban J connectivity index is 1.80. The fourth-order valence-corrected chi connectivity index (χ4v) is 3.64. The summed E-state index contributed by atoms with van der Waals surface area (Å²) in [6.07, 6.45) is 4.31. The molecule has 1 amide bonds. The van der Waals surface area contributed by atoms with Crippen LogP contribution in [0.5, 0.6) is 0 Å². The van der Waals surface area contributed by atoms with Crippen LogP contribution in [0.3, 0.4) is 0 Å². The minimum Gasteiger partial charge on any atom is -0.365 e. The largest absolute Gasteiger partial charge is 0.365 e. The van der Waals surface area contributed by atoms with E-state index in [1.54, 1.807) is 17.3 Å². The third-order valence-electron chi connectivity index (χ3n) is 3.89. The van der Waals surface area contributed by atoms with Crippen LogP contribution in [0.2, 0.25) is 0 Å². The standard InChI is InChI=1S/C13H17N3O4S/c1-21(18,19)15-7-11-12(8-15)20-9-13(17)16(11)6-10-3-2-4-14-5-10/h2-5,11-12H,6-9H2,1H3. The molecule has 7 nitrogen and oxygen atoms in total. The van der Waals surface area contributed by atoms with Crippen molar-refractivity contribution in [2.45, 2.75) is 18.7 Å². The van der Waals surface area contributed by atoms with Gasteiger partial charge in [-0.2, -0.15) is 4.31 Å². The van der Waals surface area contributed by atoms with Gasteiger partial charge < -0.3 is 9.64 Å². The van der Waals surface area contributed by atoms with E-state index in [-0.39, 0.29) is 31.2 Å². The first-order valence-corrected chi connectivity index (χ1v) is 8.55. The van der Waals surface area contributed by atoms with Crippen molar-refractivity contribution in [1.82, 2.24) is 14.2 Å². The van der Waals surface area contributed by atoms with Crippen molar-refractivity contribution >= 4 is 15.9 Å². The van der Waals surface area contributed by atoms with Gasteiger partial charge in [0.05, 0.1) is 18.4 Å². The Hall–Kier alpha value is -1.51. The van der Waals surface area contributed by atoms with Crippen molar-refractivity contribution in [1.29, 1.82) is 0 Å². The highest BCUT2D eigenvalue weighted by Gasteiger charge is 2.45. The van der Waals surface area contributed by atoms with E-state index in [4.69, 9.17) is 4.74 Å². The number of nitrogens with zero attached hydrogens (tertiary/aromatic N) is 3. The van der Waals surface area contributed by atoms with E-state index >= 15 is 0 Å². The molecule has 0 saturated carbocycles. The lowest BCUT2D eigenvalue weighted by atomic mass is 10.1. The van der Waals surface area contributed by atoms with E-state index in [1.807, 2.05) is 12.1 Å². The molecule has 0 spiro atoms. The minimum atomic E-state index is -3.27. The minimum absolute atomic E-state index is 0.000962. The highest BCUT2D eigenvalue weighted by molar-refractivity contribution is 7.88. The number of pyridine rings is 1. The molecule has 0 aliphatic carbocycles. The summed E-state index contributed by atoms with van der Waals surface area (Å²) in [6.45, 7) is 1.02. The van der Waals surface area contributed by atoms with Gasteiger partial charge in [-0.25, -0.2) is 8.42 Å². The molecule has 0 N–H and O–H groups in total. The molecule has 3 heterocycles. The van der Waals surface area contributed by atoms with Gasteiger partial charge in [0.2, 0.25) is 15.9 Å². The number of hydrogen-bond donors (Lipinski definition) is 0. The Labute approximate surface area is 123 Å². The van der Waals surface area contributed by atoms with Crippen LogP contribution in [0.15, 0.2) is 24.5 Å². The van der Waals surface area contributed by atoms with Crippen molar-refractivity contribution in [2.24, 2.45) is 0 Å². The number of fused-ring (bicyclic) bond motifs is 1. The molecule has 2 saturated heterocycles. The smallest absolute Gasteiger partial charge is 0.249 e. The summed E-state index contributed by atoms with van der Waals surface area (Å²) >= 11 is 0. The third kappa shape index (κ3) is 2.92. The molecule has 8 heteroatoms. The second-order valence-electron chi connectivity index (χ2n) is 5.38. The van der Waals surface area contributed by atoms with Crippen molar-refractivity contribution in [3.8, 4) is 0 Å². The van der Waals surface area contributed by atoms with Gasteiger partial charge in [-0.15, -0.1) is 0 Å². The zero-order valence-corrected chi connectivity index (χ0v) is 12.5. The van der Waals surface area contributed by atoms with E-state index in [0.717, 1.165) is 5.56 Å². The van der Waals surface area contributed by atoms with E-state index in [9.17, 15) is 13.2 Å². The fourth-order valence-electron chi connectivity index (χ4n) is 2.80. The molecule has 0 radical (unpaired) electrons. The molecule has 0 bridgehead atoms. The van der Waals surface area contributed by atoms with E-state index in [0.29, 0.717) is 13.1 Å². The van der Waals surface area contributed by atoms with Crippen LogP contribution in [-0.4, -0.2) is 66.6 Å². The lowest BCUT2D eigenvalue weighted by molar-refractivity contribution is -0.153. The summed E-state index contributed by atoms with van der Waals surface area (Å²) in [5.74, 6) is -0.115. The predicted octanol–water partition coefficient (Wildman–Crippen LogP) is -0.547. The first kappa shape index (κ1) is 14.4. The van der Waals surface area contributed by atoms with Gasteiger partial charge in [-0.1, -0.05) is 6.07 Å². The fraction of sp³-hybridized carbons (Fsp3) is 0.538. The number of hydrogen-bond acceptors (Lipinski definition) is 5. The molecule has 1 aromatic heterocycles.